The highest BCUT2D eigenvalue weighted by atomic mass is 79.9. The van der Waals surface area contributed by atoms with E-state index in [9.17, 15) is 12.8 Å². The predicted octanol–water partition coefficient (Wildman–Crippen LogP) is 1.88. The van der Waals surface area contributed by atoms with Crippen LogP contribution in [-0.2, 0) is 10.0 Å². The van der Waals surface area contributed by atoms with Crippen LogP contribution in [0.3, 0.4) is 0 Å². The molecule has 1 unspecified atom stereocenters. The van der Waals surface area contributed by atoms with Gasteiger partial charge in [0.15, 0.2) is 0 Å². The quantitative estimate of drug-likeness (QED) is 0.885. The zero-order valence-electron chi connectivity index (χ0n) is 10.8. The summed E-state index contributed by atoms with van der Waals surface area (Å²) in [6, 6.07) is 2.47. The van der Waals surface area contributed by atoms with Crippen LogP contribution >= 0.6 is 15.9 Å². The Morgan fingerprint density at radius 3 is 2.79 bits per heavy atom. The summed E-state index contributed by atoms with van der Waals surface area (Å²) < 4.78 is 40.3. The van der Waals surface area contributed by atoms with E-state index in [1.54, 1.807) is 6.92 Å². The Bertz CT molecular complexity index is 592. The molecule has 0 spiro atoms. The Balaban J connectivity index is 2.47. The van der Waals surface area contributed by atoms with Crippen molar-refractivity contribution < 1.29 is 12.8 Å². The minimum atomic E-state index is -3.58. The number of sulfonamides is 1. The van der Waals surface area contributed by atoms with Crippen molar-refractivity contribution in [3.05, 3.63) is 28.0 Å². The molecule has 0 saturated carbocycles. The molecular weight excluding hydrogens is 335 g/mol. The van der Waals surface area contributed by atoms with E-state index in [1.165, 1.54) is 16.4 Å². The zero-order valence-corrected chi connectivity index (χ0v) is 13.2. The second kappa shape index (κ2) is 5.47. The Morgan fingerprint density at radius 2 is 2.16 bits per heavy atom. The van der Waals surface area contributed by atoms with Crippen LogP contribution in [0.15, 0.2) is 21.5 Å². The van der Waals surface area contributed by atoms with Crippen molar-refractivity contribution in [3.63, 3.8) is 0 Å². The van der Waals surface area contributed by atoms with E-state index in [0.29, 0.717) is 25.2 Å². The Hall–Kier alpha value is -0.500. The number of piperazine rings is 1. The molecule has 1 heterocycles. The molecule has 2 rings (SSSR count). The fraction of sp³-hybridized carbons (Fsp3) is 0.500. The highest BCUT2D eigenvalue weighted by Gasteiger charge is 2.32. The standard InChI is InChI=1S/C12H16BrFN2O2S/c1-8-5-11(14)10(13)6-12(8)19(17,18)16-4-3-15-7-9(16)2/h5-6,9,15H,3-4,7H2,1-2H3. The first-order chi connectivity index (χ1) is 8.84. The van der Waals surface area contributed by atoms with Gasteiger partial charge >= 0.3 is 0 Å². The molecule has 1 fully saturated rings. The molecule has 1 aromatic carbocycles. The number of rotatable bonds is 2. The smallest absolute Gasteiger partial charge is 0.243 e. The van der Waals surface area contributed by atoms with Crippen LogP contribution in [0, 0.1) is 12.7 Å². The van der Waals surface area contributed by atoms with Crippen molar-refractivity contribution in [3.8, 4) is 0 Å². The number of nitrogens with one attached hydrogen (secondary N) is 1. The molecule has 0 radical (unpaired) electrons. The van der Waals surface area contributed by atoms with Crippen LogP contribution in [0.2, 0.25) is 0 Å². The van der Waals surface area contributed by atoms with E-state index < -0.39 is 15.8 Å². The molecule has 19 heavy (non-hydrogen) atoms. The molecule has 1 atom stereocenters. The first kappa shape index (κ1) is 14.9. The van der Waals surface area contributed by atoms with Gasteiger partial charge in [0.1, 0.15) is 5.82 Å². The van der Waals surface area contributed by atoms with Gasteiger partial charge in [0, 0.05) is 25.7 Å². The van der Waals surface area contributed by atoms with Gasteiger partial charge < -0.3 is 5.32 Å². The lowest BCUT2D eigenvalue weighted by Gasteiger charge is -2.33. The van der Waals surface area contributed by atoms with Crippen molar-refractivity contribution in [2.75, 3.05) is 19.6 Å². The molecule has 106 valence electrons. The molecular formula is C12H16BrFN2O2S. The number of aryl methyl sites for hydroxylation is 1. The average molecular weight is 351 g/mol. The molecule has 0 aliphatic carbocycles. The van der Waals surface area contributed by atoms with Gasteiger partial charge in [-0.15, -0.1) is 0 Å². The lowest BCUT2D eigenvalue weighted by atomic mass is 10.2. The second-order valence-electron chi connectivity index (χ2n) is 4.70. The van der Waals surface area contributed by atoms with Gasteiger partial charge in [-0.05, 0) is 47.5 Å². The lowest BCUT2D eigenvalue weighted by Crippen LogP contribution is -2.52. The summed E-state index contributed by atoms with van der Waals surface area (Å²) in [6.07, 6.45) is 0. The number of benzene rings is 1. The summed E-state index contributed by atoms with van der Waals surface area (Å²) in [6.45, 7) is 5.15. The molecule has 0 aromatic heterocycles. The second-order valence-corrected chi connectivity index (χ2v) is 7.41. The van der Waals surface area contributed by atoms with Crippen LogP contribution in [0.1, 0.15) is 12.5 Å². The minimum Gasteiger partial charge on any atom is -0.314 e. The third-order valence-electron chi connectivity index (χ3n) is 3.24. The van der Waals surface area contributed by atoms with Crippen LogP contribution in [0.25, 0.3) is 0 Å². The number of hydrogen-bond donors (Lipinski definition) is 1. The molecule has 1 aromatic rings. The topological polar surface area (TPSA) is 49.4 Å². The van der Waals surface area contributed by atoms with Crippen molar-refractivity contribution in [1.29, 1.82) is 0 Å². The van der Waals surface area contributed by atoms with E-state index in [4.69, 9.17) is 0 Å². The fourth-order valence-corrected chi connectivity index (χ4v) is 4.57. The predicted molar refractivity (Wildman–Crippen MR) is 75.1 cm³/mol. The molecule has 1 aliphatic rings. The van der Waals surface area contributed by atoms with Gasteiger partial charge in [-0.3, -0.25) is 0 Å². The summed E-state index contributed by atoms with van der Waals surface area (Å²) >= 11 is 3.04. The van der Waals surface area contributed by atoms with Crippen LogP contribution in [0.4, 0.5) is 4.39 Å². The maximum absolute atomic E-state index is 13.4. The van der Waals surface area contributed by atoms with E-state index >= 15 is 0 Å². The molecule has 1 aliphatic heterocycles. The van der Waals surface area contributed by atoms with Crippen molar-refractivity contribution in [2.45, 2.75) is 24.8 Å². The maximum Gasteiger partial charge on any atom is 0.243 e. The van der Waals surface area contributed by atoms with Crippen molar-refractivity contribution in [1.82, 2.24) is 9.62 Å². The minimum absolute atomic E-state index is 0.109. The van der Waals surface area contributed by atoms with Crippen LogP contribution in [-0.4, -0.2) is 38.4 Å². The van der Waals surface area contributed by atoms with Crippen molar-refractivity contribution in [2.24, 2.45) is 0 Å². The SMILES string of the molecule is Cc1cc(F)c(Br)cc1S(=O)(=O)N1CCNCC1C. The maximum atomic E-state index is 13.4. The van der Waals surface area contributed by atoms with Gasteiger partial charge in [0.2, 0.25) is 10.0 Å². The van der Waals surface area contributed by atoms with Gasteiger partial charge in [-0.2, -0.15) is 4.31 Å². The lowest BCUT2D eigenvalue weighted by molar-refractivity contribution is 0.283. The summed E-state index contributed by atoms with van der Waals surface area (Å²) in [7, 11) is -3.58. The first-order valence-electron chi connectivity index (χ1n) is 6.02. The van der Waals surface area contributed by atoms with Gasteiger partial charge in [-0.25, -0.2) is 12.8 Å². The molecule has 0 amide bonds. The third-order valence-corrected chi connectivity index (χ3v) is 6.01. The van der Waals surface area contributed by atoms with E-state index in [0.717, 1.165) is 0 Å². The Morgan fingerprint density at radius 1 is 1.47 bits per heavy atom. The van der Waals surface area contributed by atoms with Gasteiger partial charge in [0.05, 0.1) is 9.37 Å². The highest BCUT2D eigenvalue weighted by Crippen LogP contribution is 2.27. The summed E-state index contributed by atoms with van der Waals surface area (Å²) in [5.74, 6) is -0.454. The van der Waals surface area contributed by atoms with Gasteiger partial charge in [-0.1, -0.05) is 0 Å². The zero-order chi connectivity index (χ0) is 14.2. The van der Waals surface area contributed by atoms with Gasteiger partial charge in [0.25, 0.3) is 0 Å². The largest absolute Gasteiger partial charge is 0.314 e. The Labute approximate surface area is 121 Å². The number of nitrogens with zero attached hydrogens (tertiary/aromatic N) is 1. The summed E-state index contributed by atoms with van der Waals surface area (Å²) in [4.78, 5) is 0.162. The van der Waals surface area contributed by atoms with Crippen LogP contribution < -0.4 is 5.32 Å². The first-order valence-corrected chi connectivity index (χ1v) is 8.25. The molecule has 1 N–H and O–H groups in total. The molecule has 1 saturated heterocycles. The van der Waals surface area contributed by atoms with E-state index in [1.807, 2.05) is 6.92 Å². The van der Waals surface area contributed by atoms with Crippen molar-refractivity contribution >= 4 is 26.0 Å². The summed E-state index contributed by atoms with van der Waals surface area (Å²) in [5, 5.41) is 3.15. The average Bonchev–Trinajstić information content (AvgIpc) is 2.34. The molecule has 7 heteroatoms. The Kier molecular flexibility index (Phi) is 4.29. The number of hydrogen-bond acceptors (Lipinski definition) is 3. The summed E-state index contributed by atoms with van der Waals surface area (Å²) in [5.41, 5.74) is 0.423. The number of halogens is 2. The molecule has 4 nitrogen and oxygen atoms in total. The van der Waals surface area contributed by atoms with Crippen LogP contribution in [0.5, 0.6) is 0 Å². The fourth-order valence-electron chi connectivity index (χ4n) is 2.21. The highest BCUT2D eigenvalue weighted by molar-refractivity contribution is 9.10. The third kappa shape index (κ3) is 2.84. The molecule has 0 bridgehead atoms. The van der Waals surface area contributed by atoms with E-state index in [-0.39, 0.29) is 15.4 Å². The normalized spacial score (nSPS) is 21.6. The van der Waals surface area contributed by atoms with E-state index in [2.05, 4.69) is 21.2 Å². The monoisotopic (exact) mass is 350 g/mol.